The van der Waals surface area contributed by atoms with Gasteiger partial charge in [-0.1, -0.05) is 24.3 Å². The highest BCUT2D eigenvalue weighted by Crippen LogP contribution is 2.78. The molecular weight excluding hydrogens is 472 g/mol. The molecule has 0 amide bonds. The van der Waals surface area contributed by atoms with Gasteiger partial charge >= 0.3 is 11.9 Å². The first-order valence-corrected chi connectivity index (χ1v) is 14.9. The summed E-state index contributed by atoms with van der Waals surface area (Å²) in [7, 11) is 0. The Bertz CT molecular complexity index is 1220. The first-order valence-electron chi connectivity index (χ1n) is 14.9. The van der Waals surface area contributed by atoms with Crippen molar-refractivity contribution in [3.63, 3.8) is 0 Å². The molecule has 2 aromatic carbocycles. The standard InChI is InChI=1S/C34H38O4/c35-29(36)25-3-1-5-27(9-25)31-11-21-7-22(12-31)16-33(15-21,19-31)34-17-23-8-24(18-34)14-32(13-23,20-34)28-6-2-4-26(10-28)30(37)38/h1-6,9-10,21-24H,7-8,11-20H2,(H,35,36)(H,37,38). The minimum atomic E-state index is -0.821. The molecule has 0 radical (unpaired) electrons. The van der Waals surface area contributed by atoms with Crippen LogP contribution in [0.4, 0.5) is 0 Å². The minimum Gasteiger partial charge on any atom is -0.478 e. The highest BCUT2D eigenvalue weighted by Gasteiger charge is 2.70. The topological polar surface area (TPSA) is 74.6 Å². The van der Waals surface area contributed by atoms with Gasteiger partial charge in [-0.2, -0.15) is 0 Å². The Kier molecular flexibility index (Phi) is 4.61. The van der Waals surface area contributed by atoms with Crippen molar-refractivity contribution in [1.82, 2.24) is 0 Å². The van der Waals surface area contributed by atoms with Gasteiger partial charge in [0.15, 0.2) is 0 Å². The van der Waals surface area contributed by atoms with Crippen LogP contribution in [0.15, 0.2) is 48.5 Å². The molecule has 4 heteroatoms. The first-order chi connectivity index (χ1) is 18.2. The van der Waals surface area contributed by atoms with E-state index in [9.17, 15) is 19.8 Å². The van der Waals surface area contributed by atoms with Crippen molar-refractivity contribution in [2.24, 2.45) is 34.5 Å². The molecule has 8 aliphatic rings. The Hall–Kier alpha value is -2.62. The van der Waals surface area contributed by atoms with Crippen LogP contribution in [0.3, 0.4) is 0 Å². The molecule has 4 unspecified atom stereocenters. The number of rotatable bonds is 5. The lowest BCUT2D eigenvalue weighted by atomic mass is 9.30. The first kappa shape index (κ1) is 23.3. The molecule has 8 fully saturated rings. The molecule has 2 N–H and O–H groups in total. The molecule has 198 valence electrons. The molecule has 0 heterocycles. The molecule has 0 aliphatic heterocycles. The van der Waals surface area contributed by atoms with Crippen LogP contribution in [0, 0.1) is 34.5 Å². The van der Waals surface area contributed by atoms with Gasteiger partial charge in [0.1, 0.15) is 0 Å². The van der Waals surface area contributed by atoms with Crippen molar-refractivity contribution in [2.45, 2.75) is 87.9 Å². The fourth-order valence-electron chi connectivity index (χ4n) is 12.4. The summed E-state index contributed by atoms with van der Waals surface area (Å²) >= 11 is 0. The van der Waals surface area contributed by atoms with E-state index in [2.05, 4.69) is 12.1 Å². The Morgan fingerprint density at radius 3 is 1.29 bits per heavy atom. The molecule has 8 saturated carbocycles. The molecule has 38 heavy (non-hydrogen) atoms. The van der Waals surface area contributed by atoms with E-state index in [0.717, 1.165) is 23.7 Å². The Morgan fingerprint density at radius 1 is 0.579 bits per heavy atom. The van der Waals surface area contributed by atoms with E-state index in [-0.39, 0.29) is 10.8 Å². The van der Waals surface area contributed by atoms with E-state index < -0.39 is 11.9 Å². The predicted molar refractivity (Wildman–Crippen MR) is 144 cm³/mol. The quantitative estimate of drug-likeness (QED) is 0.438. The fraction of sp³-hybridized carbons (Fsp3) is 0.588. The molecule has 10 rings (SSSR count). The summed E-state index contributed by atoms with van der Waals surface area (Å²) in [5.74, 6) is 1.37. The monoisotopic (exact) mass is 510 g/mol. The number of carbonyl (C=O) groups is 2. The summed E-state index contributed by atoms with van der Waals surface area (Å²) in [6.07, 6.45) is 15.5. The van der Waals surface area contributed by atoms with Crippen LogP contribution in [0.5, 0.6) is 0 Å². The average molecular weight is 511 g/mol. The number of hydrogen-bond donors (Lipinski definition) is 2. The van der Waals surface area contributed by atoms with Gasteiger partial charge < -0.3 is 10.2 Å². The summed E-state index contributed by atoms with van der Waals surface area (Å²) in [5.41, 5.74) is 4.34. The van der Waals surface area contributed by atoms with E-state index in [1.54, 1.807) is 12.1 Å². The Labute approximate surface area is 224 Å². The van der Waals surface area contributed by atoms with Gasteiger partial charge in [-0.25, -0.2) is 9.59 Å². The van der Waals surface area contributed by atoms with E-state index >= 15 is 0 Å². The zero-order valence-electron chi connectivity index (χ0n) is 22.1. The highest BCUT2D eigenvalue weighted by atomic mass is 16.4. The zero-order valence-corrected chi connectivity index (χ0v) is 22.1. The number of benzene rings is 2. The number of aromatic carboxylic acids is 2. The normalized spacial score (nSPS) is 43.9. The average Bonchev–Trinajstić information content (AvgIpc) is 2.87. The summed E-state index contributed by atoms with van der Waals surface area (Å²) in [4.78, 5) is 23.7. The fourth-order valence-corrected chi connectivity index (χ4v) is 12.4. The lowest BCUT2D eigenvalue weighted by Gasteiger charge is -2.74. The molecular formula is C34H38O4. The number of carboxylic acids is 2. The summed E-state index contributed by atoms with van der Waals surface area (Å²) < 4.78 is 0. The third-order valence-corrected chi connectivity index (χ3v) is 12.7. The van der Waals surface area contributed by atoms with Gasteiger partial charge in [0.2, 0.25) is 0 Å². The second-order valence-electron chi connectivity index (χ2n) is 14.8. The maximum atomic E-state index is 11.9. The largest absolute Gasteiger partial charge is 0.478 e. The third kappa shape index (κ3) is 3.09. The van der Waals surface area contributed by atoms with Crippen molar-refractivity contribution in [2.75, 3.05) is 0 Å². The third-order valence-electron chi connectivity index (χ3n) is 12.7. The molecule has 8 aliphatic carbocycles. The zero-order chi connectivity index (χ0) is 25.9. The smallest absolute Gasteiger partial charge is 0.335 e. The highest BCUT2D eigenvalue weighted by molar-refractivity contribution is 5.88. The second kappa shape index (κ2) is 7.52. The van der Waals surface area contributed by atoms with E-state index in [1.165, 1.54) is 88.2 Å². The van der Waals surface area contributed by atoms with Crippen LogP contribution in [0.1, 0.15) is 109 Å². The molecule has 0 spiro atoms. The van der Waals surface area contributed by atoms with Crippen LogP contribution >= 0.6 is 0 Å². The van der Waals surface area contributed by atoms with Crippen molar-refractivity contribution >= 4 is 11.9 Å². The van der Waals surface area contributed by atoms with Gasteiger partial charge in [0, 0.05) is 0 Å². The SMILES string of the molecule is O=C(O)c1cccc(C23CC4CC(C2)CC(C25CC6CC(CC(c7cccc(C(=O)O)c7)(C6)C2)C5)(C4)C3)c1. The van der Waals surface area contributed by atoms with Crippen molar-refractivity contribution in [3.8, 4) is 0 Å². The number of hydrogen-bond acceptors (Lipinski definition) is 2. The van der Waals surface area contributed by atoms with Crippen molar-refractivity contribution in [1.29, 1.82) is 0 Å². The van der Waals surface area contributed by atoms with Gasteiger partial charge in [0.05, 0.1) is 11.1 Å². The van der Waals surface area contributed by atoms with Crippen molar-refractivity contribution < 1.29 is 19.8 Å². The van der Waals surface area contributed by atoms with E-state index in [4.69, 9.17) is 0 Å². The van der Waals surface area contributed by atoms with Gasteiger partial charge in [-0.15, -0.1) is 0 Å². The lowest BCUT2D eigenvalue weighted by molar-refractivity contribution is -0.212. The predicted octanol–water partition coefficient (Wildman–Crippen LogP) is 7.46. The molecule has 2 aromatic rings. The molecule has 0 saturated heterocycles. The molecule has 4 nitrogen and oxygen atoms in total. The van der Waals surface area contributed by atoms with Crippen LogP contribution in [0.25, 0.3) is 0 Å². The number of carboxylic acid groups (broad SMARTS) is 2. The Morgan fingerprint density at radius 2 is 0.947 bits per heavy atom. The van der Waals surface area contributed by atoms with E-state index in [1.807, 2.05) is 24.3 Å². The minimum absolute atomic E-state index is 0.120. The second-order valence-corrected chi connectivity index (χ2v) is 14.8. The molecule has 4 atom stereocenters. The van der Waals surface area contributed by atoms with E-state index in [0.29, 0.717) is 22.0 Å². The van der Waals surface area contributed by atoms with Crippen molar-refractivity contribution in [3.05, 3.63) is 70.8 Å². The molecule has 0 aromatic heterocycles. The van der Waals surface area contributed by atoms with Crippen LogP contribution < -0.4 is 0 Å². The Balaban J connectivity index is 1.22. The van der Waals surface area contributed by atoms with Gasteiger partial charge in [0.25, 0.3) is 0 Å². The maximum Gasteiger partial charge on any atom is 0.335 e. The van der Waals surface area contributed by atoms with Crippen LogP contribution in [-0.2, 0) is 10.8 Å². The van der Waals surface area contributed by atoms with Crippen LogP contribution in [-0.4, -0.2) is 22.2 Å². The summed E-state index contributed by atoms with van der Waals surface area (Å²) in [6, 6.07) is 15.9. The maximum absolute atomic E-state index is 11.9. The van der Waals surface area contributed by atoms with Crippen LogP contribution in [0.2, 0.25) is 0 Å². The summed E-state index contributed by atoms with van der Waals surface area (Å²) in [6.45, 7) is 0. The summed E-state index contributed by atoms with van der Waals surface area (Å²) in [5, 5.41) is 19.5. The molecule has 8 bridgehead atoms. The van der Waals surface area contributed by atoms with Gasteiger partial charge in [-0.3, -0.25) is 0 Å². The van der Waals surface area contributed by atoms with Gasteiger partial charge in [-0.05, 0) is 158 Å². The lowest BCUT2D eigenvalue weighted by Crippen LogP contribution is -2.66.